The molecule has 0 aliphatic carbocycles. The first-order valence-electron chi connectivity index (χ1n) is 4.22. The van der Waals surface area contributed by atoms with Gasteiger partial charge in [-0.25, -0.2) is 20.2 Å². The Labute approximate surface area is 81.5 Å². The number of anilines is 1. The lowest BCUT2D eigenvalue weighted by atomic mass is 10.2. The number of carbonyl (C=O) groups excluding carboxylic acids is 1. The predicted molar refractivity (Wildman–Crippen MR) is 50.7 cm³/mol. The number of halogens is 1. The van der Waals surface area contributed by atoms with E-state index in [1.807, 2.05) is 0 Å². The third-order valence-corrected chi connectivity index (χ3v) is 1.69. The van der Waals surface area contributed by atoms with E-state index in [0.717, 1.165) is 11.2 Å². The van der Waals surface area contributed by atoms with E-state index >= 15 is 0 Å². The van der Waals surface area contributed by atoms with E-state index in [0.29, 0.717) is 0 Å². The molecule has 14 heavy (non-hydrogen) atoms. The number of amides is 1. The molecule has 5 heteroatoms. The molecule has 0 spiro atoms. The minimum atomic E-state index is -0.459. The molecule has 0 fully saturated rings. The number of nitrogens with zero attached hydrogens (tertiary/aromatic N) is 2. The molecule has 0 bridgehead atoms. The molecule has 1 aromatic heterocycles. The van der Waals surface area contributed by atoms with Gasteiger partial charge >= 0.3 is 0 Å². The van der Waals surface area contributed by atoms with Crippen LogP contribution in [-0.2, 0) is 4.79 Å². The maximum Gasteiger partial charge on any atom is 0.245 e. The Kier molecular flexibility index (Phi) is 3.14. The van der Waals surface area contributed by atoms with Gasteiger partial charge in [0.15, 0.2) is 0 Å². The van der Waals surface area contributed by atoms with Crippen LogP contribution in [0.3, 0.4) is 0 Å². The van der Waals surface area contributed by atoms with Crippen molar-refractivity contribution in [3.63, 3.8) is 0 Å². The summed E-state index contributed by atoms with van der Waals surface area (Å²) >= 11 is 0. The van der Waals surface area contributed by atoms with Gasteiger partial charge in [0, 0.05) is 5.92 Å². The maximum atomic E-state index is 12.5. The van der Waals surface area contributed by atoms with Gasteiger partial charge in [-0.1, -0.05) is 13.8 Å². The van der Waals surface area contributed by atoms with E-state index in [1.165, 1.54) is 12.1 Å². The van der Waals surface area contributed by atoms with Gasteiger partial charge in [-0.05, 0) is 12.1 Å². The summed E-state index contributed by atoms with van der Waals surface area (Å²) in [6.07, 6.45) is 1.02. The van der Waals surface area contributed by atoms with Gasteiger partial charge in [-0.2, -0.15) is 0 Å². The van der Waals surface area contributed by atoms with Crippen molar-refractivity contribution in [2.75, 3.05) is 5.01 Å². The monoisotopic (exact) mass is 197 g/mol. The van der Waals surface area contributed by atoms with Crippen LogP contribution in [0.1, 0.15) is 13.8 Å². The van der Waals surface area contributed by atoms with Gasteiger partial charge in [-0.15, -0.1) is 0 Å². The standard InChI is InChI=1S/C9H12FN3O/c1-6(2)9(14)13(11)8-4-3-7(10)5-12-8/h3-6H,11H2,1-2H3. The number of nitrogens with two attached hydrogens (primary N) is 1. The van der Waals surface area contributed by atoms with Crippen molar-refractivity contribution in [3.8, 4) is 0 Å². The molecule has 4 nitrogen and oxygen atoms in total. The number of aromatic nitrogens is 1. The summed E-state index contributed by atoms with van der Waals surface area (Å²) in [5.74, 6) is 4.79. The first-order valence-corrected chi connectivity index (χ1v) is 4.22. The lowest BCUT2D eigenvalue weighted by molar-refractivity contribution is -0.121. The van der Waals surface area contributed by atoms with Crippen molar-refractivity contribution in [1.29, 1.82) is 0 Å². The van der Waals surface area contributed by atoms with Crippen molar-refractivity contribution < 1.29 is 9.18 Å². The zero-order valence-electron chi connectivity index (χ0n) is 8.07. The Morgan fingerprint density at radius 1 is 1.57 bits per heavy atom. The van der Waals surface area contributed by atoms with Crippen LogP contribution in [0.2, 0.25) is 0 Å². The van der Waals surface area contributed by atoms with Gasteiger partial charge in [0.1, 0.15) is 11.6 Å². The molecule has 0 aliphatic rings. The Hall–Kier alpha value is -1.49. The number of pyridine rings is 1. The second-order valence-corrected chi connectivity index (χ2v) is 3.20. The molecule has 1 heterocycles. The second-order valence-electron chi connectivity index (χ2n) is 3.20. The van der Waals surface area contributed by atoms with Gasteiger partial charge in [0.05, 0.1) is 6.20 Å². The fourth-order valence-corrected chi connectivity index (χ4v) is 0.902. The predicted octanol–water partition coefficient (Wildman–Crippen LogP) is 1.08. The number of carbonyl (C=O) groups is 1. The summed E-state index contributed by atoms with van der Waals surface area (Å²) < 4.78 is 12.5. The van der Waals surface area contributed by atoms with Crippen LogP contribution in [0.5, 0.6) is 0 Å². The maximum absolute atomic E-state index is 12.5. The first-order chi connectivity index (χ1) is 6.52. The Balaban J connectivity index is 2.84. The Bertz CT molecular complexity index is 323. The molecule has 1 amide bonds. The van der Waals surface area contributed by atoms with E-state index in [9.17, 15) is 9.18 Å². The lowest BCUT2D eigenvalue weighted by Crippen LogP contribution is -2.40. The normalized spacial score (nSPS) is 10.4. The topological polar surface area (TPSA) is 59.2 Å². The molecule has 0 aromatic carbocycles. The van der Waals surface area contributed by atoms with Gasteiger partial charge in [0.2, 0.25) is 5.91 Å². The zero-order valence-corrected chi connectivity index (χ0v) is 8.07. The van der Waals surface area contributed by atoms with Crippen LogP contribution in [0.25, 0.3) is 0 Å². The van der Waals surface area contributed by atoms with E-state index in [4.69, 9.17) is 5.84 Å². The van der Waals surface area contributed by atoms with Crippen LogP contribution >= 0.6 is 0 Å². The van der Waals surface area contributed by atoms with E-state index in [2.05, 4.69) is 4.98 Å². The van der Waals surface area contributed by atoms with Crippen molar-refractivity contribution in [3.05, 3.63) is 24.1 Å². The van der Waals surface area contributed by atoms with Gasteiger partial charge < -0.3 is 0 Å². The minimum Gasteiger partial charge on any atom is -0.273 e. The molecule has 1 aromatic rings. The van der Waals surface area contributed by atoms with E-state index in [1.54, 1.807) is 13.8 Å². The number of rotatable bonds is 2. The summed E-state index contributed by atoms with van der Waals surface area (Å²) in [6.45, 7) is 3.46. The summed E-state index contributed by atoms with van der Waals surface area (Å²) in [7, 11) is 0. The van der Waals surface area contributed by atoms with E-state index in [-0.39, 0.29) is 17.6 Å². The quantitative estimate of drug-likeness (QED) is 0.438. The molecule has 76 valence electrons. The highest BCUT2D eigenvalue weighted by atomic mass is 19.1. The minimum absolute atomic E-state index is 0.216. The number of hydrogen-bond donors (Lipinski definition) is 1. The van der Waals surface area contributed by atoms with Crippen LogP contribution in [0, 0.1) is 11.7 Å². The summed E-state index contributed by atoms with van der Waals surface area (Å²) in [5, 5.41) is 0.921. The van der Waals surface area contributed by atoms with Crippen LogP contribution in [0.4, 0.5) is 10.2 Å². The summed E-state index contributed by atoms with van der Waals surface area (Å²) in [6, 6.07) is 2.56. The smallest absolute Gasteiger partial charge is 0.245 e. The van der Waals surface area contributed by atoms with Crippen LogP contribution in [-0.4, -0.2) is 10.9 Å². The summed E-state index contributed by atoms with van der Waals surface area (Å²) in [5.41, 5.74) is 0. The molecule has 1 rings (SSSR count). The van der Waals surface area contributed by atoms with Crippen LogP contribution in [0.15, 0.2) is 18.3 Å². The molecule has 2 N–H and O–H groups in total. The third-order valence-electron chi connectivity index (χ3n) is 1.69. The van der Waals surface area contributed by atoms with Crippen LogP contribution < -0.4 is 10.9 Å². The third kappa shape index (κ3) is 2.26. The van der Waals surface area contributed by atoms with Crippen molar-refractivity contribution in [2.24, 2.45) is 11.8 Å². The second kappa shape index (κ2) is 4.15. The molecule has 0 aliphatic heterocycles. The average molecular weight is 197 g/mol. The highest BCUT2D eigenvalue weighted by Gasteiger charge is 2.16. The highest BCUT2D eigenvalue weighted by molar-refractivity contribution is 5.92. The molecular formula is C9H12FN3O. The number of hydrogen-bond acceptors (Lipinski definition) is 3. The molecule has 0 saturated heterocycles. The van der Waals surface area contributed by atoms with Gasteiger partial charge in [0.25, 0.3) is 0 Å². The highest BCUT2D eigenvalue weighted by Crippen LogP contribution is 2.09. The van der Waals surface area contributed by atoms with Crippen molar-refractivity contribution in [2.45, 2.75) is 13.8 Å². The zero-order chi connectivity index (χ0) is 10.7. The first kappa shape index (κ1) is 10.6. The lowest BCUT2D eigenvalue weighted by Gasteiger charge is -2.17. The molecule has 0 saturated carbocycles. The molecule has 0 atom stereocenters. The fraction of sp³-hybridized carbons (Fsp3) is 0.333. The molecular weight excluding hydrogens is 185 g/mol. The fourth-order valence-electron chi connectivity index (χ4n) is 0.902. The number of hydrazine groups is 1. The van der Waals surface area contributed by atoms with Gasteiger partial charge in [-0.3, -0.25) is 4.79 Å². The Morgan fingerprint density at radius 2 is 2.21 bits per heavy atom. The molecule has 0 unspecified atom stereocenters. The average Bonchev–Trinajstić information content (AvgIpc) is 2.16. The van der Waals surface area contributed by atoms with E-state index < -0.39 is 5.82 Å². The van der Waals surface area contributed by atoms with Crippen molar-refractivity contribution >= 4 is 11.7 Å². The largest absolute Gasteiger partial charge is 0.273 e. The Morgan fingerprint density at radius 3 is 2.64 bits per heavy atom. The molecule has 0 radical (unpaired) electrons. The summed E-state index contributed by atoms with van der Waals surface area (Å²) in [4.78, 5) is 15.1. The van der Waals surface area contributed by atoms with Crippen molar-refractivity contribution in [1.82, 2.24) is 4.98 Å². The SMILES string of the molecule is CC(C)C(=O)N(N)c1ccc(F)cn1.